The van der Waals surface area contributed by atoms with E-state index in [0.717, 1.165) is 38.8 Å². The molecule has 0 aromatic rings. The zero-order chi connectivity index (χ0) is 11.5. The molecular formula is C12H25NO2. The number of piperidine rings is 1. The van der Waals surface area contributed by atoms with Crippen LogP contribution in [0.2, 0.25) is 0 Å². The Labute approximate surface area is 93.4 Å². The van der Waals surface area contributed by atoms with Gasteiger partial charge >= 0.3 is 0 Å². The second-order valence-electron chi connectivity index (χ2n) is 5.49. The van der Waals surface area contributed by atoms with Crippen LogP contribution in [-0.2, 0) is 4.74 Å². The number of methoxy groups -OCH3 is 1. The number of aliphatic hydroxyl groups is 1. The average molecular weight is 215 g/mol. The minimum atomic E-state index is -0.456. The van der Waals surface area contributed by atoms with Gasteiger partial charge in [-0.15, -0.1) is 0 Å². The lowest BCUT2D eigenvalue weighted by atomic mass is 9.84. The molecule has 0 saturated carbocycles. The Hall–Kier alpha value is -0.120. The van der Waals surface area contributed by atoms with E-state index in [1.807, 2.05) is 0 Å². The van der Waals surface area contributed by atoms with Crippen molar-refractivity contribution in [1.82, 2.24) is 4.90 Å². The van der Waals surface area contributed by atoms with E-state index in [1.165, 1.54) is 0 Å². The quantitative estimate of drug-likeness (QED) is 0.774. The van der Waals surface area contributed by atoms with Crippen LogP contribution in [0.5, 0.6) is 0 Å². The van der Waals surface area contributed by atoms with Gasteiger partial charge in [-0.05, 0) is 46.6 Å². The van der Waals surface area contributed by atoms with Gasteiger partial charge in [0.2, 0.25) is 0 Å². The SMILES string of the molecule is COC(C)(C)CCC1(O)CCN(C)CC1. The first-order valence-electron chi connectivity index (χ1n) is 5.83. The van der Waals surface area contributed by atoms with Crippen LogP contribution >= 0.6 is 0 Å². The summed E-state index contributed by atoms with van der Waals surface area (Å²) in [6.07, 6.45) is 3.55. The Kier molecular flexibility index (Phi) is 4.15. The predicted octanol–water partition coefficient (Wildman–Crippen LogP) is 1.65. The maximum absolute atomic E-state index is 10.4. The van der Waals surface area contributed by atoms with Crippen LogP contribution in [0, 0.1) is 0 Å². The second kappa shape index (κ2) is 4.81. The fourth-order valence-corrected chi connectivity index (χ4v) is 1.92. The van der Waals surface area contributed by atoms with Gasteiger partial charge in [0.25, 0.3) is 0 Å². The van der Waals surface area contributed by atoms with Gasteiger partial charge in [0.1, 0.15) is 0 Å². The molecule has 3 nitrogen and oxygen atoms in total. The molecule has 1 aliphatic rings. The number of hydrogen-bond donors (Lipinski definition) is 1. The number of hydrogen-bond acceptors (Lipinski definition) is 3. The van der Waals surface area contributed by atoms with Gasteiger partial charge in [-0.3, -0.25) is 0 Å². The maximum atomic E-state index is 10.4. The van der Waals surface area contributed by atoms with Gasteiger partial charge in [-0.1, -0.05) is 0 Å². The summed E-state index contributed by atoms with van der Waals surface area (Å²) in [5, 5.41) is 10.4. The highest BCUT2D eigenvalue weighted by Gasteiger charge is 2.32. The zero-order valence-electron chi connectivity index (χ0n) is 10.5. The minimum absolute atomic E-state index is 0.112. The molecular weight excluding hydrogens is 190 g/mol. The third-order valence-electron chi connectivity index (χ3n) is 3.66. The molecule has 0 aromatic carbocycles. The van der Waals surface area contributed by atoms with E-state index in [2.05, 4.69) is 25.8 Å². The van der Waals surface area contributed by atoms with Crippen molar-refractivity contribution in [2.24, 2.45) is 0 Å². The Morgan fingerprint density at radius 3 is 2.33 bits per heavy atom. The fraction of sp³-hybridized carbons (Fsp3) is 1.00. The molecule has 1 heterocycles. The highest BCUT2D eigenvalue weighted by Crippen LogP contribution is 2.29. The molecule has 15 heavy (non-hydrogen) atoms. The van der Waals surface area contributed by atoms with E-state index < -0.39 is 5.60 Å². The van der Waals surface area contributed by atoms with E-state index in [9.17, 15) is 5.11 Å². The summed E-state index contributed by atoms with van der Waals surface area (Å²) in [7, 11) is 3.84. The monoisotopic (exact) mass is 215 g/mol. The number of ether oxygens (including phenoxy) is 1. The van der Waals surface area contributed by atoms with Crippen LogP contribution < -0.4 is 0 Å². The lowest BCUT2D eigenvalue weighted by Gasteiger charge is -2.38. The summed E-state index contributed by atoms with van der Waals surface area (Å²) in [5.41, 5.74) is -0.568. The van der Waals surface area contributed by atoms with Gasteiger partial charge in [0.05, 0.1) is 11.2 Å². The molecule has 0 spiro atoms. The van der Waals surface area contributed by atoms with E-state index in [4.69, 9.17) is 4.74 Å². The Morgan fingerprint density at radius 1 is 1.33 bits per heavy atom. The molecule has 90 valence electrons. The van der Waals surface area contributed by atoms with Crippen molar-refractivity contribution in [3.63, 3.8) is 0 Å². The number of nitrogens with zero attached hydrogens (tertiary/aromatic N) is 1. The highest BCUT2D eigenvalue weighted by atomic mass is 16.5. The van der Waals surface area contributed by atoms with Gasteiger partial charge in [0, 0.05) is 20.2 Å². The molecule has 1 N–H and O–H groups in total. The predicted molar refractivity (Wildman–Crippen MR) is 62.0 cm³/mol. The van der Waals surface area contributed by atoms with Crippen LogP contribution in [0.3, 0.4) is 0 Å². The van der Waals surface area contributed by atoms with Crippen molar-refractivity contribution >= 4 is 0 Å². The van der Waals surface area contributed by atoms with Crippen molar-refractivity contribution in [2.75, 3.05) is 27.2 Å². The highest BCUT2D eigenvalue weighted by molar-refractivity contribution is 4.87. The van der Waals surface area contributed by atoms with Crippen molar-refractivity contribution < 1.29 is 9.84 Å². The van der Waals surface area contributed by atoms with Gasteiger partial charge in [-0.2, -0.15) is 0 Å². The zero-order valence-corrected chi connectivity index (χ0v) is 10.5. The first-order chi connectivity index (χ1) is 6.87. The minimum Gasteiger partial charge on any atom is -0.390 e. The van der Waals surface area contributed by atoms with Crippen LogP contribution in [-0.4, -0.2) is 48.5 Å². The molecule has 0 aromatic heterocycles. The van der Waals surface area contributed by atoms with E-state index >= 15 is 0 Å². The lowest BCUT2D eigenvalue weighted by Crippen LogP contribution is -2.43. The maximum Gasteiger partial charge on any atom is 0.0673 e. The summed E-state index contributed by atoms with van der Waals surface area (Å²) < 4.78 is 5.37. The molecule has 0 bridgehead atoms. The lowest BCUT2D eigenvalue weighted by molar-refractivity contribution is -0.0523. The van der Waals surface area contributed by atoms with Crippen LogP contribution in [0.25, 0.3) is 0 Å². The molecule has 1 fully saturated rings. The third kappa shape index (κ3) is 4.09. The molecule has 0 unspecified atom stereocenters. The van der Waals surface area contributed by atoms with Crippen molar-refractivity contribution in [3.05, 3.63) is 0 Å². The number of rotatable bonds is 4. The standard InChI is InChI=1S/C12H25NO2/c1-11(2,15-4)5-6-12(14)7-9-13(3)10-8-12/h14H,5-10H2,1-4H3. The summed E-state index contributed by atoms with van der Waals surface area (Å²) in [4.78, 5) is 2.27. The Balaban J connectivity index is 2.37. The largest absolute Gasteiger partial charge is 0.390 e. The Bertz CT molecular complexity index is 196. The van der Waals surface area contributed by atoms with Crippen LogP contribution in [0.1, 0.15) is 39.5 Å². The Morgan fingerprint density at radius 2 is 1.87 bits per heavy atom. The average Bonchev–Trinajstić information content (AvgIpc) is 2.21. The normalized spacial score (nSPS) is 23.0. The molecule has 0 aliphatic carbocycles. The van der Waals surface area contributed by atoms with Gasteiger partial charge < -0.3 is 14.7 Å². The summed E-state index contributed by atoms with van der Waals surface area (Å²) in [5.74, 6) is 0. The summed E-state index contributed by atoms with van der Waals surface area (Å²) >= 11 is 0. The molecule has 0 radical (unpaired) electrons. The molecule has 1 rings (SSSR count). The second-order valence-corrected chi connectivity index (χ2v) is 5.49. The van der Waals surface area contributed by atoms with Crippen molar-refractivity contribution in [2.45, 2.75) is 50.7 Å². The molecule has 0 amide bonds. The molecule has 1 saturated heterocycles. The topological polar surface area (TPSA) is 32.7 Å². The molecule has 1 aliphatic heterocycles. The third-order valence-corrected chi connectivity index (χ3v) is 3.66. The first kappa shape index (κ1) is 12.9. The van der Waals surface area contributed by atoms with Crippen LogP contribution in [0.4, 0.5) is 0 Å². The van der Waals surface area contributed by atoms with E-state index in [0.29, 0.717) is 0 Å². The van der Waals surface area contributed by atoms with E-state index in [1.54, 1.807) is 7.11 Å². The molecule has 3 heteroatoms. The summed E-state index contributed by atoms with van der Waals surface area (Å²) in [6, 6.07) is 0. The molecule has 0 atom stereocenters. The number of likely N-dealkylation sites (tertiary alicyclic amines) is 1. The first-order valence-corrected chi connectivity index (χ1v) is 5.83. The van der Waals surface area contributed by atoms with Crippen molar-refractivity contribution in [1.29, 1.82) is 0 Å². The smallest absolute Gasteiger partial charge is 0.0673 e. The summed E-state index contributed by atoms with van der Waals surface area (Å²) in [6.45, 7) is 6.16. The fourth-order valence-electron chi connectivity index (χ4n) is 1.92. The van der Waals surface area contributed by atoms with Gasteiger partial charge in [0.15, 0.2) is 0 Å². The van der Waals surface area contributed by atoms with Gasteiger partial charge in [-0.25, -0.2) is 0 Å². The van der Waals surface area contributed by atoms with Crippen LogP contribution in [0.15, 0.2) is 0 Å². The van der Waals surface area contributed by atoms with Crippen molar-refractivity contribution in [3.8, 4) is 0 Å². The van der Waals surface area contributed by atoms with E-state index in [-0.39, 0.29) is 5.60 Å².